The molecule has 0 unspecified atom stereocenters. The Labute approximate surface area is 144 Å². The first-order valence-electron chi connectivity index (χ1n) is 7.33. The number of hydrogen-bond acceptors (Lipinski definition) is 3. The van der Waals surface area contributed by atoms with E-state index >= 15 is 0 Å². The molecule has 0 bridgehead atoms. The molecule has 0 radical (unpaired) electrons. The number of carbonyl (C=O) groups is 1. The van der Waals surface area contributed by atoms with Crippen molar-refractivity contribution in [1.29, 1.82) is 0 Å². The Hall–Kier alpha value is -1.75. The Morgan fingerprint density at radius 3 is 2.57 bits per heavy atom. The number of halogens is 2. The van der Waals surface area contributed by atoms with E-state index in [2.05, 4.69) is 10.2 Å². The van der Waals surface area contributed by atoms with E-state index in [1.54, 1.807) is 18.2 Å². The zero-order chi connectivity index (χ0) is 16.2. The van der Waals surface area contributed by atoms with Crippen LogP contribution in [0.1, 0.15) is 10.4 Å². The Kier molecular flexibility index (Phi) is 5.06. The molecule has 1 aliphatic heterocycles. The van der Waals surface area contributed by atoms with Gasteiger partial charge in [0.25, 0.3) is 5.91 Å². The fourth-order valence-corrected chi connectivity index (χ4v) is 3.02. The summed E-state index contributed by atoms with van der Waals surface area (Å²) in [6.07, 6.45) is 0. The monoisotopic (exact) mass is 350 g/mol. The van der Waals surface area contributed by atoms with Gasteiger partial charge in [0, 0.05) is 18.1 Å². The van der Waals surface area contributed by atoms with Gasteiger partial charge in [-0.3, -0.25) is 4.79 Å². The van der Waals surface area contributed by atoms with Crippen LogP contribution in [0.25, 0.3) is 0 Å². The molecule has 2 aromatic rings. The highest BCUT2D eigenvalue weighted by Crippen LogP contribution is 2.28. The Bertz CT molecular complexity index is 715. The largest absolute Gasteiger partial charge is 0.378 e. The molecule has 6 heteroatoms. The van der Waals surface area contributed by atoms with Gasteiger partial charge in [0.1, 0.15) is 0 Å². The van der Waals surface area contributed by atoms with Crippen molar-refractivity contribution in [2.45, 2.75) is 0 Å². The lowest BCUT2D eigenvalue weighted by Gasteiger charge is -2.30. The van der Waals surface area contributed by atoms with Crippen LogP contribution in [0.15, 0.2) is 42.5 Å². The van der Waals surface area contributed by atoms with Crippen LogP contribution in [0.3, 0.4) is 0 Å². The second-order valence-electron chi connectivity index (χ2n) is 5.19. The van der Waals surface area contributed by atoms with Gasteiger partial charge in [-0.1, -0.05) is 35.3 Å². The van der Waals surface area contributed by atoms with Gasteiger partial charge in [-0.25, -0.2) is 0 Å². The maximum atomic E-state index is 12.5. The molecule has 0 aromatic heterocycles. The molecule has 0 spiro atoms. The van der Waals surface area contributed by atoms with Crippen LogP contribution in [0.4, 0.5) is 11.4 Å². The van der Waals surface area contributed by atoms with Gasteiger partial charge in [0.2, 0.25) is 0 Å². The number of carbonyl (C=O) groups excluding carboxylic acids is 1. The molecular formula is C17H16Cl2N2O2. The van der Waals surface area contributed by atoms with Gasteiger partial charge < -0.3 is 15.0 Å². The van der Waals surface area contributed by atoms with Crippen LogP contribution in [0.5, 0.6) is 0 Å². The highest BCUT2D eigenvalue weighted by Gasteiger charge is 2.17. The van der Waals surface area contributed by atoms with Gasteiger partial charge in [0.05, 0.1) is 35.2 Å². The summed E-state index contributed by atoms with van der Waals surface area (Å²) in [5.41, 5.74) is 2.13. The highest BCUT2D eigenvalue weighted by molar-refractivity contribution is 6.37. The lowest BCUT2D eigenvalue weighted by Crippen LogP contribution is -2.36. The molecule has 0 saturated carbocycles. The normalized spacial score (nSPS) is 14.6. The molecule has 4 nitrogen and oxygen atoms in total. The number of rotatable bonds is 3. The zero-order valence-corrected chi connectivity index (χ0v) is 13.9. The summed E-state index contributed by atoms with van der Waals surface area (Å²) in [5.74, 6) is -0.257. The first-order chi connectivity index (χ1) is 11.1. The number of anilines is 2. The van der Waals surface area contributed by atoms with Crippen LogP contribution < -0.4 is 10.2 Å². The predicted molar refractivity (Wildman–Crippen MR) is 93.9 cm³/mol. The lowest BCUT2D eigenvalue weighted by atomic mass is 10.2. The summed E-state index contributed by atoms with van der Waals surface area (Å²) in [4.78, 5) is 14.7. The number of ether oxygens (including phenoxy) is 1. The summed E-state index contributed by atoms with van der Waals surface area (Å²) < 4.78 is 5.38. The number of benzene rings is 2. The maximum Gasteiger partial charge on any atom is 0.257 e. The predicted octanol–water partition coefficient (Wildman–Crippen LogP) is 4.08. The van der Waals surface area contributed by atoms with Crippen LogP contribution in [0, 0.1) is 0 Å². The van der Waals surface area contributed by atoms with Crippen molar-refractivity contribution in [1.82, 2.24) is 0 Å². The number of para-hydroxylation sites is 2. The molecule has 1 aliphatic rings. The van der Waals surface area contributed by atoms with Gasteiger partial charge in [-0.05, 0) is 30.3 Å². The lowest BCUT2D eigenvalue weighted by molar-refractivity contribution is 0.102. The van der Waals surface area contributed by atoms with E-state index in [-0.39, 0.29) is 5.91 Å². The minimum atomic E-state index is -0.257. The summed E-state index contributed by atoms with van der Waals surface area (Å²) in [5, 5.41) is 3.77. The number of hydrogen-bond donors (Lipinski definition) is 1. The van der Waals surface area contributed by atoms with E-state index in [0.717, 1.165) is 24.5 Å². The van der Waals surface area contributed by atoms with Crippen LogP contribution >= 0.6 is 23.2 Å². The molecule has 23 heavy (non-hydrogen) atoms. The van der Waals surface area contributed by atoms with Crippen molar-refractivity contribution in [3.63, 3.8) is 0 Å². The average molecular weight is 351 g/mol. The number of nitrogens with zero attached hydrogens (tertiary/aromatic N) is 1. The summed E-state index contributed by atoms with van der Waals surface area (Å²) in [6, 6.07) is 12.6. The number of nitrogens with one attached hydrogen (secondary N) is 1. The van der Waals surface area contributed by atoms with E-state index in [1.165, 1.54) is 0 Å². The molecule has 0 aliphatic carbocycles. The average Bonchev–Trinajstić information content (AvgIpc) is 2.56. The second-order valence-corrected chi connectivity index (χ2v) is 6.04. The van der Waals surface area contributed by atoms with Gasteiger partial charge in [0.15, 0.2) is 0 Å². The third kappa shape index (κ3) is 3.78. The minimum Gasteiger partial charge on any atom is -0.378 e. The van der Waals surface area contributed by atoms with Crippen LogP contribution in [-0.4, -0.2) is 32.2 Å². The Morgan fingerprint density at radius 1 is 1.09 bits per heavy atom. The van der Waals surface area contributed by atoms with Crippen LogP contribution in [-0.2, 0) is 4.74 Å². The molecular weight excluding hydrogens is 335 g/mol. The Morgan fingerprint density at radius 2 is 1.83 bits per heavy atom. The third-order valence-corrected chi connectivity index (χ3v) is 4.23. The van der Waals surface area contributed by atoms with Crippen molar-refractivity contribution in [2.75, 3.05) is 36.5 Å². The topological polar surface area (TPSA) is 41.6 Å². The molecule has 1 amide bonds. The second kappa shape index (κ2) is 7.21. The van der Waals surface area contributed by atoms with Crippen molar-refractivity contribution in [3.05, 3.63) is 58.1 Å². The first kappa shape index (κ1) is 16.1. The quantitative estimate of drug-likeness (QED) is 0.906. The van der Waals surface area contributed by atoms with E-state index < -0.39 is 0 Å². The van der Waals surface area contributed by atoms with Gasteiger partial charge in [-0.15, -0.1) is 0 Å². The van der Waals surface area contributed by atoms with Crippen LogP contribution in [0.2, 0.25) is 10.0 Å². The summed E-state index contributed by atoms with van der Waals surface area (Å²) in [7, 11) is 0. The smallest absolute Gasteiger partial charge is 0.257 e. The molecule has 0 atom stereocenters. The zero-order valence-electron chi connectivity index (χ0n) is 12.4. The summed E-state index contributed by atoms with van der Waals surface area (Å²) >= 11 is 12.0. The van der Waals surface area contributed by atoms with Crippen molar-refractivity contribution in [3.8, 4) is 0 Å². The van der Waals surface area contributed by atoms with E-state index in [9.17, 15) is 4.79 Å². The molecule has 3 rings (SSSR count). The minimum absolute atomic E-state index is 0.257. The first-order valence-corrected chi connectivity index (χ1v) is 8.09. The van der Waals surface area contributed by atoms with Gasteiger partial charge in [-0.2, -0.15) is 0 Å². The SMILES string of the molecule is O=C(Nc1ccccc1N1CCOCC1)c1ccc(Cl)cc1Cl. The number of amides is 1. The fraction of sp³-hybridized carbons (Fsp3) is 0.235. The molecule has 1 fully saturated rings. The molecule has 1 saturated heterocycles. The van der Waals surface area contributed by atoms with Gasteiger partial charge >= 0.3 is 0 Å². The van der Waals surface area contributed by atoms with E-state index in [4.69, 9.17) is 27.9 Å². The van der Waals surface area contributed by atoms with Crippen molar-refractivity contribution in [2.24, 2.45) is 0 Å². The third-order valence-electron chi connectivity index (χ3n) is 3.68. The fourth-order valence-electron chi connectivity index (χ4n) is 2.52. The highest BCUT2D eigenvalue weighted by atomic mass is 35.5. The van der Waals surface area contributed by atoms with E-state index in [0.29, 0.717) is 28.8 Å². The Balaban J connectivity index is 1.83. The molecule has 1 N–H and O–H groups in total. The van der Waals surface area contributed by atoms with Crippen molar-refractivity contribution >= 4 is 40.5 Å². The maximum absolute atomic E-state index is 12.5. The number of morpholine rings is 1. The standard InChI is InChI=1S/C17H16Cl2N2O2/c18-12-5-6-13(14(19)11-12)17(22)20-15-3-1-2-4-16(15)21-7-9-23-10-8-21/h1-6,11H,7-10H2,(H,20,22). The van der Waals surface area contributed by atoms with Crippen molar-refractivity contribution < 1.29 is 9.53 Å². The molecule has 120 valence electrons. The molecule has 2 aromatic carbocycles. The van der Waals surface area contributed by atoms with E-state index in [1.807, 2.05) is 24.3 Å². The summed E-state index contributed by atoms with van der Waals surface area (Å²) in [6.45, 7) is 2.97. The molecule has 1 heterocycles.